The summed E-state index contributed by atoms with van der Waals surface area (Å²) in [5, 5.41) is 3.30. The maximum atomic E-state index is 11.8. The van der Waals surface area contributed by atoms with Crippen molar-refractivity contribution in [3.8, 4) is 0 Å². The van der Waals surface area contributed by atoms with Gasteiger partial charge in [-0.15, -0.1) is 11.6 Å². The number of nitrogens with one attached hydrogen (secondary N) is 1. The first-order chi connectivity index (χ1) is 9.03. The molecule has 0 spiro atoms. The second kappa shape index (κ2) is 9.03. The summed E-state index contributed by atoms with van der Waals surface area (Å²) < 4.78 is 40.0. The number of hydrogen-bond acceptors (Lipinski definition) is 2. The normalized spacial score (nSPS) is 24.6. The molecular weight excluding hydrogens is 279 g/mol. The topological polar surface area (TPSA) is 21.3 Å². The van der Waals surface area contributed by atoms with Crippen molar-refractivity contribution < 1.29 is 17.9 Å². The number of rotatable bonds is 8. The molecule has 2 unspecified atom stereocenters. The quantitative estimate of drug-likeness (QED) is 0.546. The molecule has 0 aromatic carbocycles. The summed E-state index contributed by atoms with van der Waals surface area (Å²) >= 11 is 5.94. The molecule has 0 amide bonds. The van der Waals surface area contributed by atoms with Crippen molar-refractivity contribution in [3.63, 3.8) is 0 Å². The first-order valence-corrected chi connectivity index (χ1v) is 7.47. The highest BCUT2D eigenvalue weighted by molar-refractivity contribution is 6.18. The predicted molar refractivity (Wildman–Crippen MR) is 70.5 cm³/mol. The van der Waals surface area contributed by atoms with Crippen LogP contribution in [-0.2, 0) is 4.74 Å². The van der Waals surface area contributed by atoms with Gasteiger partial charge in [0, 0.05) is 12.5 Å². The zero-order valence-corrected chi connectivity index (χ0v) is 11.9. The first-order valence-electron chi connectivity index (χ1n) is 6.94. The highest BCUT2D eigenvalue weighted by atomic mass is 35.5. The van der Waals surface area contributed by atoms with Crippen molar-refractivity contribution >= 4 is 11.6 Å². The monoisotopic (exact) mass is 301 g/mol. The molecule has 0 heterocycles. The molecule has 1 aliphatic rings. The van der Waals surface area contributed by atoms with Crippen LogP contribution < -0.4 is 5.32 Å². The lowest BCUT2D eigenvalue weighted by atomic mass is 9.80. The number of hydrogen-bond donors (Lipinski definition) is 1. The van der Waals surface area contributed by atoms with Crippen LogP contribution in [0.15, 0.2) is 0 Å². The van der Waals surface area contributed by atoms with E-state index >= 15 is 0 Å². The number of alkyl halides is 4. The minimum Gasteiger partial charge on any atom is -0.372 e. The smallest absolute Gasteiger partial charge is 0.372 e. The SMILES string of the molecule is FC(F)(F)COCCCNCC1CCCCC1CCl. The van der Waals surface area contributed by atoms with Gasteiger partial charge in [0.05, 0.1) is 0 Å². The molecule has 19 heavy (non-hydrogen) atoms. The molecule has 1 aliphatic carbocycles. The maximum absolute atomic E-state index is 11.8. The van der Waals surface area contributed by atoms with E-state index in [2.05, 4.69) is 10.1 Å². The van der Waals surface area contributed by atoms with Crippen molar-refractivity contribution in [2.75, 3.05) is 32.2 Å². The van der Waals surface area contributed by atoms with E-state index in [-0.39, 0.29) is 6.61 Å². The van der Waals surface area contributed by atoms with Crippen LogP contribution in [0.4, 0.5) is 13.2 Å². The minimum absolute atomic E-state index is 0.149. The average Bonchev–Trinajstić information content (AvgIpc) is 2.37. The molecule has 1 rings (SSSR count). The van der Waals surface area contributed by atoms with Gasteiger partial charge in [0.25, 0.3) is 0 Å². The van der Waals surface area contributed by atoms with Gasteiger partial charge in [0.1, 0.15) is 6.61 Å². The van der Waals surface area contributed by atoms with Gasteiger partial charge in [-0.2, -0.15) is 13.2 Å². The summed E-state index contributed by atoms with van der Waals surface area (Å²) in [6, 6.07) is 0. The fraction of sp³-hybridized carbons (Fsp3) is 1.00. The van der Waals surface area contributed by atoms with E-state index in [0.29, 0.717) is 30.7 Å². The molecule has 1 saturated carbocycles. The number of halogens is 4. The molecule has 114 valence electrons. The summed E-state index contributed by atoms with van der Waals surface area (Å²) in [4.78, 5) is 0. The third-order valence-corrected chi connectivity index (χ3v) is 3.98. The van der Waals surface area contributed by atoms with Crippen LogP contribution in [0.1, 0.15) is 32.1 Å². The van der Waals surface area contributed by atoms with Gasteiger partial charge in [0.2, 0.25) is 0 Å². The minimum atomic E-state index is -4.22. The van der Waals surface area contributed by atoms with E-state index in [4.69, 9.17) is 11.6 Å². The Kier molecular flexibility index (Phi) is 8.11. The van der Waals surface area contributed by atoms with E-state index in [1.54, 1.807) is 0 Å². The Morgan fingerprint density at radius 1 is 1.16 bits per heavy atom. The van der Waals surface area contributed by atoms with E-state index < -0.39 is 12.8 Å². The summed E-state index contributed by atoms with van der Waals surface area (Å²) in [6.45, 7) is 0.611. The standard InChI is InChI=1S/C13H23ClF3NO/c14-8-11-4-1-2-5-12(11)9-18-6-3-7-19-10-13(15,16)17/h11-12,18H,1-10H2. The molecule has 6 heteroatoms. The second-order valence-corrected chi connectivity index (χ2v) is 5.49. The van der Waals surface area contributed by atoms with E-state index in [1.807, 2.05) is 0 Å². The zero-order chi connectivity index (χ0) is 14.1. The summed E-state index contributed by atoms with van der Waals surface area (Å²) in [5.41, 5.74) is 0. The van der Waals surface area contributed by atoms with Crippen LogP contribution in [0.2, 0.25) is 0 Å². The Labute approximate surface area is 118 Å². The van der Waals surface area contributed by atoms with E-state index in [0.717, 1.165) is 6.54 Å². The molecule has 2 atom stereocenters. The maximum Gasteiger partial charge on any atom is 0.411 e. The van der Waals surface area contributed by atoms with Gasteiger partial charge in [-0.25, -0.2) is 0 Å². The first kappa shape index (κ1) is 17.1. The van der Waals surface area contributed by atoms with Crippen molar-refractivity contribution in [1.82, 2.24) is 5.32 Å². The second-order valence-electron chi connectivity index (χ2n) is 5.18. The molecule has 0 aliphatic heterocycles. The third-order valence-electron chi connectivity index (χ3n) is 3.58. The molecular formula is C13H23ClF3NO. The van der Waals surface area contributed by atoms with Gasteiger partial charge in [-0.3, -0.25) is 0 Å². The van der Waals surface area contributed by atoms with Crippen LogP contribution >= 0.6 is 11.6 Å². The Balaban J connectivity index is 1.98. The van der Waals surface area contributed by atoms with Gasteiger partial charge in [0.15, 0.2) is 0 Å². The van der Waals surface area contributed by atoms with Gasteiger partial charge in [-0.05, 0) is 44.2 Å². The Bertz CT molecular complexity index is 238. The van der Waals surface area contributed by atoms with Crippen molar-refractivity contribution in [2.24, 2.45) is 11.8 Å². The summed E-state index contributed by atoms with van der Waals surface area (Å²) in [5.74, 6) is 1.91. The fourth-order valence-corrected chi connectivity index (χ4v) is 2.94. The Hall–Kier alpha value is 0. The lowest BCUT2D eigenvalue weighted by Gasteiger charge is -2.30. The largest absolute Gasteiger partial charge is 0.411 e. The molecule has 0 radical (unpaired) electrons. The van der Waals surface area contributed by atoms with Crippen LogP contribution in [0.3, 0.4) is 0 Å². The van der Waals surface area contributed by atoms with Crippen LogP contribution in [0, 0.1) is 11.8 Å². The highest BCUT2D eigenvalue weighted by Crippen LogP contribution is 2.30. The molecule has 1 fully saturated rings. The van der Waals surface area contributed by atoms with E-state index in [9.17, 15) is 13.2 Å². The molecule has 1 N–H and O–H groups in total. The van der Waals surface area contributed by atoms with E-state index in [1.165, 1.54) is 25.7 Å². The summed E-state index contributed by atoms with van der Waals surface area (Å²) in [7, 11) is 0. The molecule has 2 nitrogen and oxygen atoms in total. The predicted octanol–water partition coefficient (Wildman–Crippen LogP) is 3.59. The zero-order valence-electron chi connectivity index (χ0n) is 11.1. The molecule has 0 saturated heterocycles. The average molecular weight is 302 g/mol. The Morgan fingerprint density at radius 3 is 2.47 bits per heavy atom. The highest BCUT2D eigenvalue weighted by Gasteiger charge is 2.27. The molecule has 0 aromatic rings. The molecule has 0 aromatic heterocycles. The van der Waals surface area contributed by atoms with Gasteiger partial charge in [-0.1, -0.05) is 12.8 Å². The third kappa shape index (κ3) is 8.00. The lowest BCUT2D eigenvalue weighted by molar-refractivity contribution is -0.173. The van der Waals surface area contributed by atoms with Crippen molar-refractivity contribution in [3.05, 3.63) is 0 Å². The van der Waals surface area contributed by atoms with Crippen molar-refractivity contribution in [1.29, 1.82) is 0 Å². The number of ether oxygens (including phenoxy) is 1. The van der Waals surface area contributed by atoms with Crippen LogP contribution in [0.5, 0.6) is 0 Å². The van der Waals surface area contributed by atoms with Crippen LogP contribution in [-0.4, -0.2) is 38.4 Å². The fourth-order valence-electron chi connectivity index (χ4n) is 2.53. The van der Waals surface area contributed by atoms with Crippen molar-refractivity contribution in [2.45, 2.75) is 38.3 Å². The Morgan fingerprint density at radius 2 is 1.84 bits per heavy atom. The molecule has 0 bridgehead atoms. The van der Waals surface area contributed by atoms with Gasteiger partial charge < -0.3 is 10.1 Å². The van der Waals surface area contributed by atoms with Crippen LogP contribution in [0.25, 0.3) is 0 Å². The summed E-state index contributed by atoms with van der Waals surface area (Å²) in [6.07, 6.45) is 1.31. The lowest BCUT2D eigenvalue weighted by Crippen LogP contribution is -2.32. The van der Waals surface area contributed by atoms with Gasteiger partial charge >= 0.3 is 6.18 Å².